The van der Waals surface area contributed by atoms with E-state index in [9.17, 15) is 8.78 Å². The largest absolute Gasteiger partial charge is 0.287 e. The highest BCUT2D eigenvalue weighted by molar-refractivity contribution is 7.99. The molecule has 0 aromatic heterocycles. The summed E-state index contributed by atoms with van der Waals surface area (Å²) in [6.07, 6.45) is 0. The Balaban J connectivity index is 2.41. The molecule has 1 nitrogen and oxygen atoms in total. The second-order valence-electron chi connectivity index (χ2n) is 4.34. The molecule has 0 radical (unpaired) electrons. The van der Waals surface area contributed by atoms with Crippen molar-refractivity contribution in [1.82, 2.24) is 4.90 Å². The molecule has 16 heavy (non-hydrogen) atoms. The molecule has 1 fully saturated rings. The fourth-order valence-electron chi connectivity index (χ4n) is 1.93. The lowest BCUT2D eigenvalue weighted by atomic mass is 10.1. The molecule has 0 spiro atoms. The summed E-state index contributed by atoms with van der Waals surface area (Å²) in [6, 6.07) is 3.15. The van der Waals surface area contributed by atoms with Gasteiger partial charge in [-0.25, -0.2) is 8.78 Å². The highest BCUT2D eigenvalue weighted by Crippen LogP contribution is 2.41. The maximum Gasteiger partial charge on any atom is 0.132 e. The first-order valence-electron chi connectivity index (χ1n) is 5.29. The molecule has 88 valence electrons. The number of halogens is 2. The topological polar surface area (TPSA) is 3.24 Å². The van der Waals surface area contributed by atoms with Crippen LogP contribution in [0, 0.1) is 18.6 Å². The highest BCUT2D eigenvalue weighted by Gasteiger charge is 2.33. The number of aryl methyl sites for hydroxylation is 1. The Morgan fingerprint density at radius 1 is 1.31 bits per heavy atom. The van der Waals surface area contributed by atoms with E-state index in [1.54, 1.807) is 18.7 Å². The third-order valence-electron chi connectivity index (χ3n) is 3.03. The zero-order chi connectivity index (χ0) is 11.9. The second-order valence-corrected chi connectivity index (χ2v) is 5.46. The number of rotatable bonds is 1. The van der Waals surface area contributed by atoms with E-state index in [1.165, 1.54) is 12.1 Å². The van der Waals surface area contributed by atoms with Crippen LogP contribution in [-0.4, -0.2) is 23.7 Å². The quantitative estimate of drug-likeness (QED) is 0.744. The van der Waals surface area contributed by atoms with Crippen molar-refractivity contribution in [3.8, 4) is 0 Å². The average Bonchev–Trinajstić information content (AvgIpc) is 2.48. The van der Waals surface area contributed by atoms with Crippen molar-refractivity contribution >= 4 is 11.8 Å². The second kappa shape index (κ2) is 4.34. The van der Waals surface area contributed by atoms with Crippen LogP contribution in [0.25, 0.3) is 0 Å². The molecule has 0 saturated carbocycles. The van der Waals surface area contributed by atoms with Gasteiger partial charge in [0.05, 0.1) is 10.9 Å². The Hall–Kier alpha value is -0.610. The van der Waals surface area contributed by atoms with Crippen LogP contribution in [0.1, 0.15) is 23.4 Å². The summed E-state index contributed by atoms with van der Waals surface area (Å²) in [7, 11) is 1.91. The zero-order valence-corrected chi connectivity index (χ0v) is 10.4. The van der Waals surface area contributed by atoms with E-state index in [0.29, 0.717) is 11.6 Å². The van der Waals surface area contributed by atoms with E-state index in [2.05, 4.69) is 6.92 Å². The predicted octanol–water partition coefficient (Wildman–Crippen LogP) is 3.34. The smallest absolute Gasteiger partial charge is 0.132 e. The predicted molar refractivity (Wildman–Crippen MR) is 63.5 cm³/mol. The summed E-state index contributed by atoms with van der Waals surface area (Å²) in [4.78, 5) is 2.02. The molecule has 0 aliphatic carbocycles. The van der Waals surface area contributed by atoms with Crippen LogP contribution in [0.3, 0.4) is 0 Å². The van der Waals surface area contributed by atoms with E-state index >= 15 is 0 Å². The molecular weight excluding hydrogens is 228 g/mol. The lowest BCUT2D eigenvalue weighted by Gasteiger charge is -2.23. The molecule has 2 rings (SSSR count). The maximum atomic E-state index is 13.8. The van der Waals surface area contributed by atoms with E-state index in [0.717, 1.165) is 5.75 Å². The molecule has 1 saturated heterocycles. The molecule has 0 N–H and O–H groups in total. The van der Waals surface area contributed by atoms with Gasteiger partial charge in [0.2, 0.25) is 0 Å². The molecule has 0 amide bonds. The molecule has 1 aromatic rings. The maximum absolute atomic E-state index is 13.8. The Morgan fingerprint density at radius 3 is 2.31 bits per heavy atom. The summed E-state index contributed by atoms with van der Waals surface area (Å²) in [6.45, 7) is 3.76. The van der Waals surface area contributed by atoms with E-state index in [-0.39, 0.29) is 10.9 Å². The number of hydrogen-bond donors (Lipinski definition) is 0. The van der Waals surface area contributed by atoms with E-state index < -0.39 is 11.6 Å². The van der Waals surface area contributed by atoms with Crippen molar-refractivity contribution in [3.63, 3.8) is 0 Å². The van der Waals surface area contributed by atoms with Crippen molar-refractivity contribution < 1.29 is 8.78 Å². The number of hydrogen-bond acceptors (Lipinski definition) is 2. The third-order valence-corrected chi connectivity index (χ3v) is 4.59. The molecule has 1 aliphatic heterocycles. The monoisotopic (exact) mass is 243 g/mol. The van der Waals surface area contributed by atoms with Gasteiger partial charge >= 0.3 is 0 Å². The highest BCUT2D eigenvalue weighted by atomic mass is 32.2. The minimum atomic E-state index is -0.434. The first-order chi connectivity index (χ1) is 7.50. The van der Waals surface area contributed by atoms with Gasteiger partial charge in [-0.15, -0.1) is 11.8 Å². The first kappa shape index (κ1) is 11.9. The van der Waals surface area contributed by atoms with Gasteiger partial charge in [0.25, 0.3) is 0 Å². The van der Waals surface area contributed by atoms with Crippen LogP contribution in [0.15, 0.2) is 12.1 Å². The lowest BCUT2D eigenvalue weighted by molar-refractivity contribution is 0.273. The molecular formula is C12H15F2NS. The number of nitrogens with zero attached hydrogens (tertiary/aromatic N) is 1. The Bertz CT molecular complexity index is 385. The lowest BCUT2D eigenvalue weighted by Crippen LogP contribution is -2.26. The zero-order valence-electron chi connectivity index (χ0n) is 9.63. The summed E-state index contributed by atoms with van der Waals surface area (Å²) in [5.74, 6) is 0.0420. The molecule has 4 heteroatoms. The average molecular weight is 243 g/mol. The first-order valence-corrected chi connectivity index (χ1v) is 6.34. The SMILES string of the molecule is Cc1cc(F)c(C2SCC(C)N2C)c(F)c1. The molecule has 1 aromatic carbocycles. The Labute approximate surface area is 98.8 Å². The van der Waals surface area contributed by atoms with Gasteiger partial charge in [-0.1, -0.05) is 0 Å². The molecule has 2 atom stereocenters. The van der Waals surface area contributed by atoms with Crippen LogP contribution in [0.2, 0.25) is 0 Å². The molecule has 2 unspecified atom stereocenters. The Kier molecular flexibility index (Phi) is 3.22. The van der Waals surface area contributed by atoms with Crippen LogP contribution < -0.4 is 0 Å². The standard InChI is InChI=1S/C12H15F2NS/c1-7-4-9(13)11(10(14)5-7)12-15(3)8(2)6-16-12/h4-5,8,12H,6H2,1-3H3. The van der Waals surface area contributed by atoms with E-state index in [1.807, 2.05) is 11.9 Å². The molecule has 1 heterocycles. The fraction of sp³-hybridized carbons (Fsp3) is 0.500. The van der Waals surface area contributed by atoms with Gasteiger partial charge < -0.3 is 0 Å². The third kappa shape index (κ3) is 1.96. The minimum absolute atomic E-state index is 0.197. The van der Waals surface area contributed by atoms with Crippen molar-refractivity contribution in [3.05, 3.63) is 34.9 Å². The fourth-order valence-corrected chi connectivity index (χ4v) is 3.46. The summed E-state index contributed by atoms with van der Waals surface area (Å²) in [5, 5.41) is -0.199. The van der Waals surface area contributed by atoms with Crippen molar-refractivity contribution in [2.75, 3.05) is 12.8 Å². The number of thioether (sulfide) groups is 1. The van der Waals surface area contributed by atoms with Crippen LogP contribution >= 0.6 is 11.8 Å². The van der Waals surface area contributed by atoms with E-state index in [4.69, 9.17) is 0 Å². The summed E-state index contributed by atoms with van der Waals surface area (Å²) >= 11 is 1.59. The normalized spacial score (nSPS) is 26.3. The van der Waals surface area contributed by atoms with Crippen molar-refractivity contribution in [2.45, 2.75) is 25.3 Å². The minimum Gasteiger partial charge on any atom is -0.287 e. The van der Waals surface area contributed by atoms with Crippen LogP contribution in [-0.2, 0) is 0 Å². The van der Waals surface area contributed by atoms with Gasteiger partial charge in [-0.3, -0.25) is 4.90 Å². The van der Waals surface area contributed by atoms with Gasteiger partial charge in [0.1, 0.15) is 11.6 Å². The van der Waals surface area contributed by atoms with Gasteiger partial charge in [0, 0.05) is 11.8 Å². The van der Waals surface area contributed by atoms with Crippen molar-refractivity contribution in [2.24, 2.45) is 0 Å². The van der Waals surface area contributed by atoms with Crippen LogP contribution in [0.4, 0.5) is 8.78 Å². The molecule has 0 bridgehead atoms. The molecule has 1 aliphatic rings. The van der Waals surface area contributed by atoms with Gasteiger partial charge in [0.15, 0.2) is 0 Å². The van der Waals surface area contributed by atoms with Gasteiger partial charge in [-0.05, 0) is 38.6 Å². The summed E-state index contributed by atoms with van der Waals surface area (Å²) in [5.41, 5.74) is 0.819. The van der Waals surface area contributed by atoms with Gasteiger partial charge in [-0.2, -0.15) is 0 Å². The summed E-state index contributed by atoms with van der Waals surface area (Å²) < 4.78 is 27.6. The van der Waals surface area contributed by atoms with Crippen molar-refractivity contribution in [1.29, 1.82) is 0 Å². The Morgan fingerprint density at radius 2 is 1.88 bits per heavy atom. The number of benzene rings is 1. The van der Waals surface area contributed by atoms with Crippen LogP contribution in [0.5, 0.6) is 0 Å².